The molecule has 0 aromatic heterocycles. The molecule has 0 saturated heterocycles. The minimum absolute atomic E-state index is 0.0579. The van der Waals surface area contributed by atoms with Crippen LogP contribution in [0.4, 0.5) is 37.7 Å². The maximum absolute atomic E-state index is 12.9. The van der Waals surface area contributed by atoms with Crippen molar-refractivity contribution in [3.8, 4) is 0 Å². The zero-order chi connectivity index (χ0) is 21.1. The lowest BCUT2D eigenvalue weighted by molar-refractivity contribution is -0.143. The van der Waals surface area contributed by atoms with Gasteiger partial charge in [0.2, 0.25) is 5.91 Å². The third-order valence-electron chi connectivity index (χ3n) is 3.58. The highest BCUT2D eigenvalue weighted by molar-refractivity contribution is 6.05. The summed E-state index contributed by atoms with van der Waals surface area (Å²) in [6.45, 7) is 1.62. The molecule has 2 aromatic rings. The standard InChI is InChI=1S/C18H14F6N2O2/c1-2-15(27)25-13-4-3-5-14(9-13)26-16(28)10-6-11(17(19,20)21)8-12(7-10)18(22,23)24/h3-9H,2H2,1H3,(H,25,27)(H,26,28). The van der Waals surface area contributed by atoms with Crippen molar-refractivity contribution < 1.29 is 35.9 Å². The minimum atomic E-state index is -5.05. The van der Waals surface area contributed by atoms with Crippen LogP contribution in [0.1, 0.15) is 34.8 Å². The number of hydrogen-bond acceptors (Lipinski definition) is 2. The second-order valence-electron chi connectivity index (χ2n) is 5.73. The first-order valence-electron chi connectivity index (χ1n) is 7.91. The molecule has 0 bridgehead atoms. The van der Waals surface area contributed by atoms with E-state index in [0.717, 1.165) is 0 Å². The number of amides is 2. The van der Waals surface area contributed by atoms with E-state index >= 15 is 0 Å². The smallest absolute Gasteiger partial charge is 0.326 e. The average Bonchev–Trinajstić information content (AvgIpc) is 2.60. The normalized spacial score (nSPS) is 11.8. The second kappa shape index (κ2) is 7.91. The van der Waals surface area contributed by atoms with Gasteiger partial charge >= 0.3 is 12.4 Å². The van der Waals surface area contributed by atoms with Gasteiger partial charge in [-0.1, -0.05) is 13.0 Å². The summed E-state index contributed by atoms with van der Waals surface area (Å²) in [6, 6.07) is 6.28. The molecular weight excluding hydrogens is 390 g/mol. The van der Waals surface area contributed by atoms with Crippen LogP contribution in [0.3, 0.4) is 0 Å². The van der Waals surface area contributed by atoms with Crippen molar-refractivity contribution in [3.63, 3.8) is 0 Å². The molecule has 2 N–H and O–H groups in total. The fourth-order valence-corrected chi connectivity index (χ4v) is 2.21. The summed E-state index contributed by atoms with van der Waals surface area (Å²) < 4.78 is 77.4. The van der Waals surface area contributed by atoms with Gasteiger partial charge in [0.1, 0.15) is 0 Å². The van der Waals surface area contributed by atoms with Gasteiger partial charge in [0.15, 0.2) is 0 Å². The number of carbonyl (C=O) groups excluding carboxylic acids is 2. The first-order valence-corrected chi connectivity index (χ1v) is 7.91. The molecule has 0 aliphatic heterocycles. The monoisotopic (exact) mass is 404 g/mol. The summed E-state index contributed by atoms with van der Waals surface area (Å²) in [5.41, 5.74) is -3.58. The van der Waals surface area contributed by atoms with E-state index in [2.05, 4.69) is 10.6 Å². The Labute approximate surface area is 155 Å². The lowest BCUT2D eigenvalue weighted by atomic mass is 10.0. The highest BCUT2D eigenvalue weighted by atomic mass is 19.4. The predicted molar refractivity (Wildman–Crippen MR) is 89.8 cm³/mol. The summed E-state index contributed by atoms with van der Waals surface area (Å²) in [6.07, 6.45) is -9.91. The summed E-state index contributed by atoms with van der Waals surface area (Å²) >= 11 is 0. The van der Waals surface area contributed by atoms with Crippen LogP contribution in [0.2, 0.25) is 0 Å². The second-order valence-corrected chi connectivity index (χ2v) is 5.73. The number of alkyl halides is 6. The molecule has 0 spiro atoms. The Morgan fingerprint density at radius 2 is 1.32 bits per heavy atom. The lowest BCUT2D eigenvalue weighted by Gasteiger charge is -2.14. The molecule has 2 amide bonds. The van der Waals surface area contributed by atoms with Crippen molar-refractivity contribution in [2.75, 3.05) is 10.6 Å². The molecule has 0 atom stereocenters. The van der Waals surface area contributed by atoms with Gasteiger partial charge in [0.05, 0.1) is 11.1 Å². The topological polar surface area (TPSA) is 58.2 Å². The van der Waals surface area contributed by atoms with Crippen molar-refractivity contribution in [2.45, 2.75) is 25.7 Å². The van der Waals surface area contributed by atoms with Crippen molar-refractivity contribution >= 4 is 23.2 Å². The highest BCUT2D eigenvalue weighted by Gasteiger charge is 2.37. The van der Waals surface area contributed by atoms with Gasteiger partial charge in [0.25, 0.3) is 5.91 Å². The fourth-order valence-electron chi connectivity index (χ4n) is 2.21. The molecule has 10 heteroatoms. The molecule has 0 unspecified atom stereocenters. The number of rotatable bonds is 4. The van der Waals surface area contributed by atoms with E-state index in [-0.39, 0.29) is 24.1 Å². The van der Waals surface area contributed by atoms with Gasteiger partial charge in [-0.25, -0.2) is 0 Å². The van der Waals surface area contributed by atoms with Crippen LogP contribution in [0, 0.1) is 0 Å². The van der Waals surface area contributed by atoms with E-state index in [9.17, 15) is 35.9 Å². The molecule has 0 aliphatic rings. The molecule has 0 aliphatic carbocycles. The van der Waals surface area contributed by atoms with Crippen LogP contribution >= 0.6 is 0 Å². The van der Waals surface area contributed by atoms with Gasteiger partial charge in [-0.3, -0.25) is 9.59 Å². The molecule has 2 rings (SSSR count). The third kappa shape index (κ3) is 5.48. The number of hydrogen-bond donors (Lipinski definition) is 2. The third-order valence-corrected chi connectivity index (χ3v) is 3.58. The van der Waals surface area contributed by atoms with Crippen LogP contribution in [0.5, 0.6) is 0 Å². The van der Waals surface area contributed by atoms with Gasteiger partial charge in [0, 0.05) is 23.4 Å². The van der Waals surface area contributed by atoms with Crippen LogP contribution in [-0.2, 0) is 17.1 Å². The van der Waals surface area contributed by atoms with E-state index < -0.39 is 35.0 Å². The summed E-state index contributed by atoms with van der Waals surface area (Å²) in [5.74, 6) is -1.47. The fraction of sp³-hybridized carbons (Fsp3) is 0.222. The van der Waals surface area contributed by atoms with Crippen LogP contribution < -0.4 is 10.6 Å². The first kappa shape index (κ1) is 21.3. The molecule has 0 heterocycles. The molecule has 2 aromatic carbocycles. The number of carbonyl (C=O) groups is 2. The van der Waals surface area contributed by atoms with Crippen LogP contribution in [0.15, 0.2) is 42.5 Å². The zero-order valence-electron chi connectivity index (χ0n) is 14.3. The Kier molecular flexibility index (Phi) is 6.01. The van der Waals surface area contributed by atoms with Crippen molar-refractivity contribution in [2.24, 2.45) is 0 Å². The zero-order valence-corrected chi connectivity index (χ0v) is 14.3. The number of benzene rings is 2. The highest BCUT2D eigenvalue weighted by Crippen LogP contribution is 2.36. The number of anilines is 2. The summed E-state index contributed by atoms with van der Waals surface area (Å²) in [4.78, 5) is 23.6. The molecule has 0 saturated carbocycles. The van der Waals surface area contributed by atoms with Crippen molar-refractivity contribution in [3.05, 3.63) is 59.2 Å². The van der Waals surface area contributed by atoms with E-state index in [1.807, 2.05) is 0 Å². The first-order chi connectivity index (χ1) is 12.9. The van der Waals surface area contributed by atoms with E-state index in [1.54, 1.807) is 6.92 Å². The Balaban J connectivity index is 2.34. The van der Waals surface area contributed by atoms with Crippen molar-refractivity contribution in [1.29, 1.82) is 0 Å². The van der Waals surface area contributed by atoms with Crippen LogP contribution in [0.25, 0.3) is 0 Å². The molecule has 28 heavy (non-hydrogen) atoms. The van der Waals surface area contributed by atoms with Gasteiger partial charge in [-0.05, 0) is 36.4 Å². The number of nitrogens with one attached hydrogen (secondary N) is 2. The van der Waals surface area contributed by atoms with Gasteiger partial charge in [-0.2, -0.15) is 26.3 Å². The summed E-state index contributed by atoms with van der Waals surface area (Å²) in [7, 11) is 0. The van der Waals surface area contributed by atoms with Crippen LogP contribution in [-0.4, -0.2) is 11.8 Å². The van der Waals surface area contributed by atoms with Gasteiger partial charge < -0.3 is 10.6 Å². The largest absolute Gasteiger partial charge is 0.416 e. The Hall–Kier alpha value is -3.04. The maximum atomic E-state index is 12.9. The average molecular weight is 404 g/mol. The quantitative estimate of drug-likeness (QED) is 0.678. The van der Waals surface area contributed by atoms with Crippen molar-refractivity contribution in [1.82, 2.24) is 0 Å². The summed E-state index contributed by atoms with van der Waals surface area (Å²) in [5, 5.41) is 4.74. The molecule has 4 nitrogen and oxygen atoms in total. The Morgan fingerprint density at radius 3 is 1.79 bits per heavy atom. The predicted octanol–water partition coefficient (Wildman–Crippen LogP) is 5.33. The molecule has 0 radical (unpaired) electrons. The SMILES string of the molecule is CCC(=O)Nc1cccc(NC(=O)c2cc(C(F)(F)F)cc(C(F)(F)F)c2)c1. The van der Waals surface area contributed by atoms with E-state index in [1.165, 1.54) is 24.3 Å². The number of halogens is 6. The maximum Gasteiger partial charge on any atom is 0.416 e. The van der Waals surface area contributed by atoms with E-state index in [0.29, 0.717) is 17.8 Å². The lowest BCUT2D eigenvalue weighted by Crippen LogP contribution is -2.17. The Bertz CT molecular complexity index is 858. The van der Waals surface area contributed by atoms with E-state index in [4.69, 9.17) is 0 Å². The molecular formula is C18H14F6N2O2. The minimum Gasteiger partial charge on any atom is -0.326 e. The molecule has 0 fully saturated rings. The van der Waals surface area contributed by atoms with Gasteiger partial charge in [-0.15, -0.1) is 0 Å². The Morgan fingerprint density at radius 1 is 0.821 bits per heavy atom. The molecule has 150 valence electrons.